The van der Waals surface area contributed by atoms with E-state index in [4.69, 9.17) is 11.6 Å². The highest BCUT2D eigenvalue weighted by Crippen LogP contribution is 2.15. The van der Waals surface area contributed by atoms with E-state index >= 15 is 0 Å². The summed E-state index contributed by atoms with van der Waals surface area (Å²) in [5, 5.41) is 6.11. The van der Waals surface area contributed by atoms with Crippen LogP contribution in [-0.2, 0) is 6.42 Å². The molecule has 0 saturated carbocycles. The Bertz CT molecular complexity index is 912. The van der Waals surface area contributed by atoms with E-state index < -0.39 is 0 Å². The number of aromatic amines is 1. The third kappa shape index (κ3) is 3.12. The number of carbonyl (C=O) groups is 1. The Balaban J connectivity index is 1.97. The van der Waals surface area contributed by atoms with Crippen LogP contribution >= 0.6 is 11.6 Å². The highest BCUT2D eigenvalue weighted by Gasteiger charge is 2.15. The number of aryl methyl sites for hydroxylation is 1. The fraction of sp³-hybridized carbons (Fsp3) is 0.188. The molecule has 0 fully saturated rings. The molecule has 0 bridgehead atoms. The number of anilines is 1. The van der Waals surface area contributed by atoms with Gasteiger partial charge in [-0.1, -0.05) is 24.9 Å². The topological polar surface area (TPSA) is 79.3 Å². The molecule has 1 aromatic carbocycles. The SMILES string of the molecule is CCCc1cc(=O)n2[nH]cc(C(=O)Nc3ccc(Cl)cc3)c2n1. The van der Waals surface area contributed by atoms with Crippen molar-refractivity contribution in [3.63, 3.8) is 0 Å². The highest BCUT2D eigenvalue weighted by atomic mass is 35.5. The molecule has 7 heteroatoms. The van der Waals surface area contributed by atoms with E-state index in [1.54, 1.807) is 24.3 Å². The van der Waals surface area contributed by atoms with E-state index in [0.29, 0.717) is 34.0 Å². The second kappa shape index (κ2) is 6.26. The number of nitrogens with one attached hydrogen (secondary N) is 2. The average molecular weight is 331 g/mol. The molecule has 2 aromatic heterocycles. The third-order valence-corrected chi connectivity index (χ3v) is 3.66. The third-order valence-electron chi connectivity index (χ3n) is 3.40. The van der Waals surface area contributed by atoms with Gasteiger partial charge in [-0.3, -0.25) is 14.7 Å². The van der Waals surface area contributed by atoms with Crippen molar-refractivity contribution in [1.82, 2.24) is 14.6 Å². The molecule has 0 radical (unpaired) electrons. The molecule has 0 unspecified atom stereocenters. The van der Waals surface area contributed by atoms with Crippen molar-refractivity contribution in [2.24, 2.45) is 0 Å². The van der Waals surface area contributed by atoms with Crippen LogP contribution in [0.15, 0.2) is 41.3 Å². The second-order valence-corrected chi connectivity index (χ2v) is 5.58. The van der Waals surface area contributed by atoms with Crippen LogP contribution in [0, 0.1) is 0 Å². The van der Waals surface area contributed by atoms with Gasteiger partial charge in [0.2, 0.25) is 0 Å². The maximum absolute atomic E-state index is 12.4. The summed E-state index contributed by atoms with van der Waals surface area (Å²) >= 11 is 5.82. The molecular weight excluding hydrogens is 316 g/mol. The number of rotatable bonds is 4. The van der Waals surface area contributed by atoms with Gasteiger partial charge in [-0.05, 0) is 30.7 Å². The summed E-state index contributed by atoms with van der Waals surface area (Å²) in [4.78, 5) is 28.9. The molecule has 6 nitrogen and oxygen atoms in total. The van der Waals surface area contributed by atoms with Gasteiger partial charge in [-0.25, -0.2) is 9.50 Å². The number of H-pyrrole nitrogens is 1. The summed E-state index contributed by atoms with van der Waals surface area (Å²) in [6.07, 6.45) is 3.04. The summed E-state index contributed by atoms with van der Waals surface area (Å²) in [6.45, 7) is 2.01. The Kier molecular flexibility index (Phi) is 4.16. The number of amides is 1. The zero-order chi connectivity index (χ0) is 16.4. The van der Waals surface area contributed by atoms with E-state index in [0.717, 1.165) is 6.42 Å². The summed E-state index contributed by atoms with van der Waals surface area (Å²) in [5.74, 6) is -0.341. The van der Waals surface area contributed by atoms with Gasteiger partial charge < -0.3 is 5.32 Å². The Morgan fingerprint density at radius 3 is 2.78 bits per heavy atom. The van der Waals surface area contributed by atoms with Crippen LogP contribution in [0.2, 0.25) is 5.02 Å². The number of nitrogens with zero attached hydrogens (tertiary/aromatic N) is 2. The minimum absolute atomic E-state index is 0.232. The predicted molar refractivity (Wildman–Crippen MR) is 89.2 cm³/mol. The number of benzene rings is 1. The van der Waals surface area contributed by atoms with E-state index in [1.165, 1.54) is 16.8 Å². The van der Waals surface area contributed by atoms with Crippen LogP contribution in [0.5, 0.6) is 0 Å². The lowest BCUT2D eigenvalue weighted by atomic mass is 10.2. The minimum atomic E-state index is -0.341. The lowest BCUT2D eigenvalue weighted by molar-refractivity contribution is 0.102. The molecule has 0 aliphatic rings. The van der Waals surface area contributed by atoms with E-state index in [-0.39, 0.29) is 11.5 Å². The predicted octanol–water partition coefficient (Wildman–Crippen LogP) is 2.88. The van der Waals surface area contributed by atoms with Gasteiger partial charge >= 0.3 is 0 Å². The first-order chi connectivity index (χ1) is 11.1. The molecule has 1 amide bonds. The monoisotopic (exact) mass is 330 g/mol. The van der Waals surface area contributed by atoms with Crippen molar-refractivity contribution in [3.05, 3.63) is 63.2 Å². The zero-order valence-electron chi connectivity index (χ0n) is 12.5. The number of hydrogen-bond donors (Lipinski definition) is 2. The van der Waals surface area contributed by atoms with Crippen molar-refractivity contribution < 1.29 is 4.79 Å². The van der Waals surface area contributed by atoms with Crippen LogP contribution in [0.4, 0.5) is 5.69 Å². The molecule has 3 rings (SSSR count). The molecule has 23 heavy (non-hydrogen) atoms. The van der Waals surface area contributed by atoms with Gasteiger partial charge in [0.15, 0.2) is 5.65 Å². The molecular formula is C16H15ClN4O2. The Hall–Kier alpha value is -2.60. The number of hydrogen-bond acceptors (Lipinski definition) is 3. The molecule has 0 atom stereocenters. The largest absolute Gasteiger partial charge is 0.322 e. The van der Waals surface area contributed by atoms with Crippen molar-refractivity contribution in [1.29, 1.82) is 0 Å². The van der Waals surface area contributed by atoms with Crippen LogP contribution < -0.4 is 10.9 Å². The normalized spacial score (nSPS) is 10.9. The Morgan fingerprint density at radius 2 is 2.09 bits per heavy atom. The first-order valence-corrected chi connectivity index (χ1v) is 7.63. The number of halogens is 1. The van der Waals surface area contributed by atoms with Gasteiger partial charge in [0.05, 0.1) is 0 Å². The average Bonchev–Trinajstić information content (AvgIpc) is 2.94. The molecule has 0 spiro atoms. The molecule has 0 saturated heterocycles. The van der Waals surface area contributed by atoms with E-state index in [1.807, 2.05) is 6.92 Å². The fourth-order valence-electron chi connectivity index (χ4n) is 2.31. The van der Waals surface area contributed by atoms with E-state index in [2.05, 4.69) is 15.4 Å². The maximum Gasteiger partial charge on any atom is 0.272 e. The van der Waals surface area contributed by atoms with Crippen molar-refractivity contribution >= 4 is 28.8 Å². The van der Waals surface area contributed by atoms with Gasteiger partial charge in [0.1, 0.15) is 5.56 Å². The standard InChI is InChI=1S/C16H15ClN4O2/c1-2-3-12-8-14(22)21-15(19-12)13(9-18-21)16(23)20-11-6-4-10(17)5-7-11/h4-9,18H,2-3H2,1H3,(H,20,23). The summed E-state index contributed by atoms with van der Waals surface area (Å²) in [7, 11) is 0. The molecule has 2 N–H and O–H groups in total. The van der Waals surface area contributed by atoms with Gasteiger partial charge in [-0.15, -0.1) is 0 Å². The van der Waals surface area contributed by atoms with Crippen LogP contribution in [-0.4, -0.2) is 20.5 Å². The molecule has 0 aliphatic heterocycles. The highest BCUT2D eigenvalue weighted by molar-refractivity contribution is 6.30. The molecule has 2 heterocycles. The van der Waals surface area contributed by atoms with Crippen molar-refractivity contribution in [2.45, 2.75) is 19.8 Å². The first kappa shape index (κ1) is 15.3. The summed E-state index contributed by atoms with van der Waals surface area (Å²) < 4.78 is 1.26. The lowest BCUT2D eigenvalue weighted by Gasteiger charge is -2.04. The quantitative estimate of drug-likeness (QED) is 0.772. The van der Waals surface area contributed by atoms with Crippen LogP contribution in [0.1, 0.15) is 29.4 Å². The minimum Gasteiger partial charge on any atom is -0.322 e. The summed E-state index contributed by atoms with van der Waals surface area (Å²) in [6, 6.07) is 8.27. The number of aromatic nitrogens is 3. The van der Waals surface area contributed by atoms with Gasteiger partial charge in [-0.2, -0.15) is 0 Å². The fourth-order valence-corrected chi connectivity index (χ4v) is 2.44. The van der Waals surface area contributed by atoms with Crippen LogP contribution in [0.25, 0.3) is 5.65 Å². The van der Waals surface area contributed by atoms with Gasteiger partial charge in [0.25, 0.3) is 11.5 Å². The van der Waals surface area contributed by atoms with Crippen molar-refractivity contribution in [3.8, 4) is 0 Å². The molecule has 0 aliphatic carbocycles. The van der Waals surface area contributed by atoms with Crippen molar-refractivity contribution in [2.75, 3.05) is 5.32 Å². The number of carbonyl (C=O) groups excluding carboxylic acids is 1. The number of fused-ring (bicyclic) bond motifs is 1. The molecule has 3 aromatic rings. The first-order valence-electron chi connectivity index (χ1n) is 7.25. The molecule has 118 valence electrons. The summed E-state index contributed by atoms with van der Waals surface area (Å²) in [5.41, 5.74) is 1.70. The second-order valence-electron chi connectivity index (χ2n) is 5.14. The lowest BCUT2D eigenvalue weighted by Crippen LogP contribution is -2.17. The maximum atomic E-state index is 12.4. The van der Waals surface area contributed by atoms with Crippen LogP contribution in [0.3, 0.4) is 0 Å². The van der Waals surface area contributed by atoms with E-state index in [9.17, 15) is 9.59 Å². The zero-order valence-corrected chi connectivity index (χ0v) is 13.2. The van der Waals surface area contributed by atoms with Gasteiger partial charge in [0, 0.05) is 28.7 Å². The Labute approximate surface area is 137 Å². The Morgan fingerprint density at radius 1 is 1.35 bits per heavy atom. The smallest absolute Gasteiger partial charge is 0.272 e.